The summed E-state index contributed by atoms with van der Waals surface area (Å²) in [5.74, 6) is -0.388. The van der Waals surface area contributed by atoms with Gasteiger partial charge in [0.15, 0.2) is 0 Å². The molecule has 0 aromatic heterocycles. The van der Waals surface area contributed by atoms with Crippen molar-refractivity contribution in [3.8, 4) is 0 Å². The molecular weight excluding hydrogens is 256 g/mol. The van der Waals surface area contributed by atoms with Gasteiger partial charge in [0.05, 0.1) is 6.42 Å². The molecule has 0 spiro atoms. The standard InChI is InChI=1S/C15H30N2O3/c1-10(2)8-11(3)17(7)14(20)16-12(9-13(18)19)15(4,5)6/h10-12H,8-9H2,1-7H3,(H,16,20)(H,18,19). The summed E-state index contributed by atoms with van der Waals surface area (Å²) in [5, 5.41) is 11.8. The Hall–Kier alpha value is -1.26. The first-order valence-electron chi connectivity index (χ1n) is 7.20. The molecule has 0 aliphatic carbocycles. The Labute approximate surface area is 122 Å². The summed E-state index contributed by atoms with van der Waals surface area (Å²) >= 11 is 0. The number of carboxylic acids is 1. The molecule has 2 unspecified atom stereocenters. The second-order valence-corrected chi connectivity index (χ2v) is 7.06. The van der Waals surface area contributed by atoms with Crippen molar-refractivity contribution < 1.29 is 14.7 Å². The lowest BCUT2D eigenvalue weighted by Gasteiger charge is -2.34. The highest BCUT2D eigenvalue weighted by molar-refractivity contribution is 5.76. The highest BCUT2D eigenvalue weighted by Crippen LogP contribution is 2.22. The van der Waals surface area contributed by atoms with Crippen LogP contribution < -0.4 is 5.32 Å². The van der Waals surface area contributed by atoms with Crippen LogP contribution in [-0.4, -0.2) is 41.1 Å². The molecule has 0 bridgehead atoms. The number of nitrogens with one attached hydrogen (secondary N) is 1. The van der Waals surface area contributed by atoms with Crippen LogP contribution in [0.2, 0.25) is 0 Å². The Kier molecular flexibility index (Phi) is 7.03. The van der Waals surface area contributed by atoms with E-state index in [1.807, 2.05) is 27.7 Å². The Bertz CT molecular complexity index is 335. The molecule has 5 heteroatoms. The SMILES string of the molecule is CC(C)CC(C)N(C)C(=O)NC(CC(=O)O)C(C)(C)C. The maximum absolute atomic E-state index is 12.2. The molecule has 0 aromatic rings. The molecule has 0 saturated heterocycles. The third-order valence-electron chi connectivity index (χ3n) is 3.52. The zero-order chi connectivity index (χ0) is 16.1. The summed E-state index contributed by atoms with van der Waals surface area (Å²) in [6.45, 7) is 12.0. The highest BCUT2D eigenvalue weighted by atomic mass is 16.4. The summed E-state index contributed by atoms with van der Waals surface area (Å²) in [7, 11) is 1.75. The molecule has 0 aliphatic rings. The van der Waals surface area contributed by atoms with Crippen LogP contribution in [-0.2, 0) is 4.79 Å². The summed E-state index contributed by atoms with van der Waals surface area (Å²) < 4.78 is 0. The van der Waals surface area contributed by atoms with Gasteiger partial charge >= 0.3 is 12.0 Å². The minimum Gasteiger partial charge on any atom is -0.481 e. The molecule has 0 rings (SSSR count). The van der Waals surface area contributed by atoms with Crippen LogP contribution in [0.1, 0.15) is 54.4 Å². The number of amides is 2. The third kappa shape index (κ3) is 6.78. The third-order valence-corrected chi connectivity index (χ3v) is 3.52. The number of hydrogen-bond donors (Lipinski definition) is 2. The number of carboxylic acid groups (broad SMARTS) is 1. The molecule has 118 valence electrons. The van der Waals surface area contributed by atoms with Crippen LogP contribution in [0.3, 0.4) is 0 Å². The molecule has 0 aliphatic heterocycles. The molecule has 2 atom stereocenters. The first-order chi connectivity index (χ1) is 8.95. The number of nitrogens with zero attached hydrogens (tertiary/aromatic N) is 1. The number of carbonyl (C=O) groups is 2. The van der Waals surface area contributed by atoms with E-state index < -0.39 is 5.97 Å². The van der Waals surface area contributed by atoms with Crippen molar-refractivity contribution in [2.24, 2.45) is 11.3 Å². The van der Waals surface area contributed by atoms with Gasteiger partial charge in [0, 0.05) is 19.1 Å². The van der Waals surface area contributed by atoms with E-state index >= 15 is 0 Å². The van der Waals surface area contributed by atoms with Gasteiger partial charge in [-0.05, 0) is 24.7 Å². The number of rotatable bonds is 6. The maximum atomic E-state index is 12.2. The van der Waals surface area contributed by atoms with Gasteiger partial charge in [-0.25, -0.2) is 4.79 Å². The Balaban J connectivity index is 4.71. The van der Waals surface area contributed by atoms with E-state index in [4.69, 9.17) is 5.11 Å². The average Bonchev–Trinajstić information content (AvgIpc) is 2.24. The van der Waals surface area contributed by atoms with Gasteiger partial charge in [0.25, 0.3) is 0 Å². The van der Waals surface area contributed by atoms with E-state index in [1.54, 1.807) is 11.9 Å². The van der Waals surface area contributed by atoms with Crippen molar-refractivity contribution in [1.29, 1.82) is 0 Å². The maximum Gasteiger partial charge on any atom is 0.317 e. The van der Waals surface area contributed by atoms with E-state index in [1.165, 1.54) is 0 Å². The molecule has 2 N–H and O–H groups in total. The topological polar surface area (TPSA) is 69.6 Å². The van der Waals surface area contributed by atoms with E-state index in [-0.39, 0.29) is 30.0 Å². The number of urea groups is 1. The molecular formula is C15H30N2O3. The van der Waals surface area contributed by atoms with Gasteiger partial charge in [0.2, 0.25) is 0 Å². The smallest absolute Gasteiger partial charge is 0.317 e. The van der Waals surface area contributed by atoms with E-state index in [0.717, 1.165) is 6.42 Å². The van der Waals surface area contributed by atoms with Crippen LogP contribution in [0.15, 0.2) is 0 Å². The predicted octanol–water partition coefficient (Wildman–Crippen LogP) is 2.95. The fraction of sp³-hybridized carbons (Fsp3) is 0.867. The van der Waals surface area contributed by atoms with Crippen molar-refractivity contribution in [2.45, 2.75) is 66.5 Å². The van der Waals surface area contributed by atoms with Crippen molar-refractivity contribution in [1.82, 2.24) is 10.2 Å². The Morgan fingerprint density at radius 2 is 1.70 bits per heavy atom. The molecule has 0 radical (unpaired) electrons. The quantitative estimate of drug-likeness (QED) is 0.788. The van der Waals surface area contributed by atoms with Crippen LogP contribution >= 0.6 is 0 Å². The molecule has 0 fully saturated rings. The number of hydrogen-bond acceptors (Lipinski definition) is 2. The molecule has 0 aromatic carbocycles. The van der Waals surface area contributed by atoms with Gasteiger partial charge in [0.1, 0.15) is 0 Å². The van der Waals surface area contributed by atoms with Crippen molar-refractivity contribution in [3.63, 3.8) is 0 Å². The normalized spacial score (nSPS) is 14.8. The summed E-state index contributed by atoms with van der Waals surface area (Å²) in [6, 6.07) is -0.471. The molecule has 0 heterocycles. The van der Waals surface area contributed by atoms with Crippen LogP contribution in [0, 0.1) is 11.3 Å². The van der Waals surface area contributed by atoms with Crippen LogP contribution in [0.4, 0.5) is 4.79 Å². The monoisotopic (exact) mass is 286 g/mol. The highest BCUT2D eigenvalue weighted by Gasteiger charge is 2.30. The fourth-order valence-electron chi connectivity index (χ4n) is 2.04. The summed E-state index contributed by atoms with van der Waals surface area (Å²) in [6.07, 6.45) is 0.852. The first kappa shape index (κ1) is 18.7. The van der Waals surface area contributed by atoms with Crippen LogP contribution in [0.5, 0.6) is 0 Å². The number of aliphatic carboxylic acids is 1. The fourth-order valence-corrected chi connectivity index (χ4v) is 2.04. The first-order valence-corrected chi connectivity index (χ1v) is 7.20. The zero-order valence-electron chi connectivity index (χ0n) is 13.9. The van der Waals surface area contributed by atoms with E-state index in [2.05, 4.69) is 19.2 Å². The van der Waals surface area contributed by atoms with Crippen molar-refractivity contribution in [2.75, 3.05) is 7.05 Å². The van der Waals surface area contributed by atoms with Gasteiger partial charge in [-0.3, -0.25) is 4.79 Å². The molecule has 2 amide bonds. The Morgan fingerprint density at radius 3 is 2.05 bits per heavy atom. The zero-order valence-corrected chi connectivity index (χ0v) is 13.9. The lowest BCUT2D eigenvalue weighted by atomic mass is 9.85. The average molecular weight is 286 g/mol. The van der Waals surface area contributed by atoms with Crippen molar-refractivity contribution >= 4 is 12.0 Å². The van der Waals surface area contributed by atoms with Gasteiger partial charge in [-0.1, -0.05) is 34.6 Å². The Morgan fingerprint density at radius 1 is 1.20 bits per heavy atom. The lowest BCUT2D eigenvalue weighted by Crippen LogP contribution is -2.51. The second kappa shape index (κ2) is 7.50. The molecule has 5 nitrogen and oxygen atoms in total. The second-order valence-electron chi connectivity index (χ2n) is 7.06. The lowest BCUT2D eigenvalue weighted by molar-refractivity contribution is -0.138. The van der Waals surface area contributed by atoms with Gasteiger partial charge in [-0.15, -0.1) is 0 Å². The predicted molar refractivity (Wildman–Crippen MR) is 80.7 cm³/mol. The van der Waals surface area contributed by atoms with Gasteiger partial charge in [-0.2, -0.15) is 0 Å². The van der Waals surface area contributed by atoms with E-state index in [0.29, 0.717) is 5.92 Å². The molecule has 20 heavy (non-hydrogen) atoms. The number of carbonyl (C=O) groups excluding carboxylic acids is 1. The van der Waals surface area contributed by atoms with Crippen LogP contribution in [0.25, 0.3) is 0 Å². The van der Waals surface area contributed by atoms with Gasteiger partial charge < -0.3 is 15.3 Å². The van der Waals surface area contributed by atoms with Crippen molar-refractivity contribution in [3.05, 3.63) is 0 Å². The minimum atomic E-state index is -0.900. The summed E-state index contributed by atoms with van der Waals surface area (Å²) in [4.78, 5) is 24.8. The molecule has 0 saturated carbocycles. The largest absolute Gasteiger partial charge is 0.481 e. The minimum absolute atomic E-state index is 0.0678. The van der Waals surface area contributed by atoms with E-state index in [9.17, 15) is 9.59 Å². The summed E-state index contributed by atoms with van der Waals surface area (Å²) in [5.41, 5.74) is -0.295.